The van der Waals surface area contributed by atoms with Crippen molar-refractivity contribution >= 4 is 79.6 Å². The topological polar surface area (TPSA) is 77.5 Å². The van der Waals surface area contributed by atoms with Gasteiger partial charge in [-0.25, -0.2) is 14.2 Å². The lowest BCUT2D eigenvalue weighted by atomic mass is 9.83. The number of phenols is 1. The van der Waals surface area contributed by atoms with Gasteiger partial charge in [-0.15, -0.1) is 11.3 Å². The van der Waals surface area contributed by atoms with Gasteiger partial charge in [0.2, 0.25) is 0 Å². The number of hydrogen-bond acceptors (Lipinski definition) is 6. The lowest BCUT2D eigenvalue weighted by Crippen LogP contribution is -2.30. The molecule has 0 aliphatic carbocycles. The second-order valence-corrected chi connectivity index (χ2v) is 13.5. The Morgan fingerprint density at radius 1 is 1.15 bits per heavy atom. The number of nitrogens with zero attached hydrogens (tertiary/aromatic N) is 2. The van der Waals surface area contributed by atoms with Crippen molar-refractivity contribution in [1.82, 2.24) is 10.3 Å². The van der Waals surface area contributed by atoms with E-state index in [1.54, 1.807) is 18.2 Å². The number of allylic oxidation sites excluding steroid dienone is 2. The van der Waals surface area contributed by atoms with E-state index >= 15 is 4.39 Å². The van der Waals surface area contributed by atoms with E-state index in [1.165, 1.54) is 23.1 Å². The number of benzene rings is 3. The summed E-state index contributed by atoms with van der Waals surface area (Å²) in [7, 11) is 0. The van der Waals surface area contributed by atoms with Crippen LogP contribution in [-0.2, 0) is 5.41 Å². The molecule has 2 aliphatic rings. The van der Waals surface area contributed by atoms with Crippen molar-refractivity contribution in [3.63, 3.8) is 0 Å². The molecule has 6 nitrogen and oxygen atoms in total. The molecule has 0 saturated heterocycles. The van der Waals surface area contributed by atoms with Gasteiger partial charge in [0.1, 0.15) is 16.6 Å². The maximum atomic E-state index is 15.7. The third kappa shape index (κ3) is 5.39. The van der Waals surface area contributed by atoms with Gasteiger partial charge in [-0.1, -0.05) is 67.0 Å². The highest BCUT2D eigenvalue weighted by molar-refractivity contribution is 8.07. The van der Waals surface area contributed by atoms with E-state index in [9.17, 15) is 9.90 Å². The summed E-state index contributed by atoms with van der Waals surface area (Å²) in [6, 6.07) is 13.5. The Morgan fingerprint density at radius 2 is 1.95 bits per heavy atom. The maximum Gasteiger partial charge on any atom is 0.323 e. The molecule has 3 aromatic carbocycles. The standard InChI is InChI=1S/C30H25Cl2FN4O2S2/c1-30(2)15-37(21-8-4-3-7-19(21)36-29(39)34-17-6-5-9-24(32)40-14-17)27-22(38)13-18(33)25(26(27)30)28-35-20-12-16(31)10-11-23(20)41-28/h3-4,7-14,38H,5-6,15H2,1-2H3,(H2,34,36,39). The number of halogens is 3. The van der Waals surface area contributed by atoms with Crippen LogP contribution < -0.4 is 15.5 Å². The number of hydrogen-bond donors (Lipinski definition) is 3. The minimum absolute atomic E-state index is 0.180. The first kappa shape index (κ1) is 27.9. The number of nitrogens with one attached hydrogen (secondary N) is 2. The summed E-state index contributed by atoms with van der Waals surface area (Å²) >= 11 is 15.0. The van der Waals surface area contributed by atoms with Gasteiger partial charge in [-0.2, -0.15) is 0 Å². The molecule has 210 valence electrons. The van der Waals surface area contributed by atoms with Crippen molar-refractivity contribution in [3.8, 4) is 16.3 Å². The molecule has 4 aromatic rings. The minimum atomic E-state index is -0.566. The molecule has 11 heteroatoms. The molecule has 0 spiro atoms. The normalized spacial score (nSPS) is 16.2. The summed E-state index contributed by atoms with van der Waals surface area (Å²) in [5.74, 6) is -0.725. The number of thioether (sulfide) groups is 1. The van der Waals surface area contributed by atoms with Crippen molar-refractivity contribution in [2.45, 2.75) is 32.1 Å². The smallest absolute Gasteiger partial charge is 0.323 e. The van der Waals surface area contributed by atoms with Crippen LogP contribution in [-0.4, -0.2) is 22.7 Å². The Kier molecular flexibility index (Phi) is 7.40. The number of phenolic OH excluding ortho intramolecular Hbond substituents is 1. The summed E-state index contributed by atoms with van der Waals surface area (Å²) in [6.07, 6.45) is 3.31. The molecule has 0 bridgehead atoms. The van der Waals surface area contributed by atoms with E-state index in [0.29, 0.717) is 61.1 Å². The molecule has 0 fully saturated rings. The predicted octanol–water partition coefficient (Wildman–Crippen LogP) is 9.46. The van der Waals surface area contributed by atoms with E-state index in [-0.39, 0.29) is 5.75 Å². The van der Waals surface area contributed by atoms with Crippen molar-refractivity contribution in [2.24, 2.45) is 0 Å². The number of carbonyl (C=O) groups excluding carboxylic acids is 1. The van der Waals surface area contributed by atoms with Gasteiger partial charge in [0.15, 0.2) is 0 Å². The zero-order chi connectivity index (χ0) is 28.9. The molecular weight excluding hydrogens is 602 g/mol. The zero-order valence-electron chi connectivity index (χ0n) is 22.1. The van der Waals surface area contributed by atoms with Crippen LogP contribution in [0.4, 0.5) is 26.2 Å². The molecule has 0 unspecified atom stereocenters. The maximum absolute atomic E-state index is 15.7. The van der Waals surface area contributed by atoms with Crippen LogP contribution in [0.1, 0.15) is 32.3 Å². The van der Waals surface area contributed by atoms with Gasteiger partial charge < -0.3 is 20.6 Å². The number of fused-ring (bicyclic) bond motifs is 2. The summed E-state index contributed by atoms with van der Waals surface area (Å²) in [5, 5.41) is 19.9. The summed E-state index contributed by atoms with van der Waals surface area (Å²) in [6.45, 7) is 4.46. The third-order valence-corrected chi connectivity index (χ3v) is 9.55. The average Bonchev–Trinajstić information content (AvgIpc) is 3.37. The summed E-state index contributed by atoms with van der Waals surface area (Å²) < 4.78 is 17.2. The van der Waals surface area contributed by atoms with Crippen molar-refractivity contribution in [3.05, 3.63) is 86.5 Å². The first-order valence-corrected chi connectivity index (χ1v) is 15.3. The SMILES string of the molecule is CC1(C)CN(c2ccccc2NC(=O)NC2=CSC(Cl)=CCC2)c2c(O)cc(F)c(-c3nc4cc(Cl)ccc4s3)c21. The zero-order valence-corrected chi connectivity index (χ0v) is 25.2. The molecule has 0 atom stereocenters. The number of aromatic nitrogens is 1. The van der Waals surface area contributed by atoms with Crippen LogP contribution in [0.3, 0.4) is 0 Å². The molecule has 0 saturated carbocycles. The molecular formula is C30H25Cl2FN4O2S2. The first-order chi connectivity index (χ1) is 19.6. The highest BCUT2D eigenvalue weighted by Gasteiger charge is 2.42. The Bertz CT molecular complexity index is 1770. The summed E-state index contributed by atoms with van der Waals surface area (Å²) in [5.41, 5.74) is 3.61. The van der Waals surface area contributed by atoms with E-state index < -0.39 is 17.3 Å². The van der Waals surface area contributed by atoms with Crippen LogP contribution >= 0.6 is 46.3 Å². The monoisotopic (exact) mass is 626 g/mol. The van der Waals surface area contributed by atoms with Gasteiger partial charge in [0.05, 0.1) is 37.2 Å². The number of anilines is 3. The molecule has 2 amide bonds. The predicted molar refractivity (Wildman–Crippen MR) is 169 cm³/mol. The molecule has 3 N–H and O–H groups in total. The minimum Gasteiger partial charge on any atom is -0.506 e. The molecule has 3 heterocycles. The summed E-state index contributed by atoms with van der Waals surface area (Å²) in [4.78, 5) is 19.7. The average molecular weight is 628 g/mol. The van der Waals surface area contributed by atoms with Gasteiger partial charge in [0.25, 0.3) is 0 Å². The first-order valence-electron chi connectivity index (χ1n) is 12.9. The van der Waals surface area contributed by atoms with Gasteiger partial charge in [-0.05, 0) is 48.6 Å². The highest BCUT2D eigenvalue weighted by Crippen LogP contribution is 2.55. The number of amides is 2. The number of rotatable bonds is 4. The Balaban J connectivity index is 1.39. The number of para-hydroxylation sites is 2. The highest BCUT2D eigenvalue weighted by atomic mass is 35.5. The number of thiazole rings is 1. The second kappa shape index (κ2) is 10.9. The van der Waals surface area contributed by atoms with Crippen LogP contribution in [0.25, 0.3) is 20.8 Å². The fourth-order valence-electron chi connectivity index (χ4n) is 5.32. The third-order valence-electron chi connectivity index (χ3n) is 7.04. The quantitative estimate of drug-likeness (QED) is 0.210. The van der Waals surface area contributed by atoms with Gasteiger partial charge in [-0.3, -0.25) is 0 Å². The second-order valence-electron chi connectivity index (χ2n) is 10.5. The Morgan fingerprint density at radius 3 is 2.78 bits per heavy atom. The fourth-order valence-corrected chi connectivity index (χ4v) is 7.37. The van der Waals surface area contributed by atoms with Gasteiger partial charge >= 0.3 is 6.03 Å². The largest absolute Gasteiger partial charge is 0.506 e. The van der Waals surface area contributed by atoms with E-state index in [0.717, 1.165) is 22.9 Å². The lowest BCUT2D eigenvalue weighted by Gasteiger charge is -2.25. The Labute approximate surface area is 254 Å². The van der Waals surface area contributed by atoms with Crippen molar-refractivity contribution in [2.75, 3.05) is 16.8 Å². The van der Waals surface area contributed by atoms with Gasteiger partial charge in [0, 0.05) is 34.3 Å². The number of carbonyl (C=O) groups is 1. The van der Waals surface area contributed by atoms with Crippen LogP contribution in [0, 0.1) is 5.82 Å². The van der Waals surface area contributed by atoms with E-state index in [4.69, 9.17) is 28.2 Å². The number of aromatic hydroxyl groups is 1. The van der Waals surface area contributed by atoms with Crippen LogP contribution in [0.5, 0.6) is 5.75 Å². The molecule has 1 aromatic heterocycles. The molecule has 6 rings (SSSR count). The molecule has 2 aliphatic heterocycles. The molecule has 41 heavy (non-hydrogen) atoms. The number of urea groups is 1. The lowest BCUT2D eigenvalue weighted by molar-refractivity contribution is 0.254. The van der Waals surface area contributed by atoms with Crippen LogP contribution in [0.2, 0.25) is 5.02 Å². The van der Waals surface area contributed by atoms with Crippen LogP contribution in [0.15, 0.2) is 70.1 Å². The molecule has 0 radical (unpaired) electrons. The van der Waals surface area contributed by atoms with Crippen molar-refractivity contribution in [1.29, 1.82) is 0 Å². The fraction of sp³-hybridized carbons (Fsp3) is 0.200. The Hall–Kier alpha value is -3.24. The van der Waals surface area contributed by atoms with Crippen molar-refractivity contribution < 1.29 is 14.3 Å². The van der Waals surface area contributed by atoms with E-state index in [1.807, 2.05) is 54.5 Å². The van der Waals surface area contributed by atoms with E-state index in [2.05, 4.69) is 10.6 Å².